The number of carboxylic acid groups (broad SMARTS) is 1. The van der Waals surface area contributed by atoms with E-state index >= 15 is 0 Å². The number of rotatable bonds is 5. The van der Waals surface area contributed by atoms with Crippen LogP contribution in [0.15, 0.2) is 30.3 Å². The lowest BCUT2D eigenvalue weighted by Gasteiger charge is -2.26. The molecule has 0 aliphatic rings. The monoisotopic (exact) mass is 204 g/mol. The molecule has 1 aromatic rings. The van der Waals surface area contributed by atoms with Gasteiger partial charge in [-0.15, -0.1) is 0 Å². The number of aliphatic carboxylic acids is 1. The zero-order chi connectivity index (χ0) is 11.3. The molecule has 1 rings (SSSR count). The quantitative estimate of drug-likeness (QED) is 0.706. The summed E-state index contributed by atoms with van der Waals surface area (Å²) in [6, 6.07) is 9.67. The Bertz CT molecular complexity index is 329. The van der Waals surface area contributed by atoms with Crippen LogP contribution < -0.4 is 5.73 Å². The van der Waals surface area contributed by atoms with Gasteiger partial charge in [-0.3, -0.25) is 4.79 Å². The van der Waals surface area contributed by atoms with Gasteiger partial charge < -0.3 is 10.8 Å². The molecule has 0 unspecified atom stereocenters. The Labute approximate surface area is 90.5 Å². The van der Waals surface area contributed by atoms with Gasteiger partial charge in [0.25, 0.3) is 0 Å². The van der Waals surface area contributed by atoms with Crippen molar-refractivity contribution < 1.29 is 9.90 Å². The first kappa shape index (κ1) is 11.8. The molecule has 3 nitrogen and oxygen atoms in total. The minimum atomic E-state index is -0.869. The van der Waals surface area contributed by atoms with E-state index < -0.39 is 11.4 Å². The molecule has 0 bridgehead atoms. The van der Waals surface area contributed by atoms with Crippen LogP contribution in [0.25, 0.3) is 0 Å². The van der Waals surface area contributed by atoms with E-state index in [0.29, 0.717) is 6.42 Å². The van der Waals surface area contributed by atoms with Crippen LogP contribution >= 0.6 is 0 Å². The average Bonchev–Trinajstić information content (AvgIpc) is 2.18. The van der Waals surface area contributed by atoms with Gasteiger partial charge in [0.2, 0.25) is 0 Å². The topological polar surface area (TPSA) is 63.3 Å². The summed E-state index contributed by atoms with van der Waals surface area (Å²) in [7, 11) is 1.76. The van der Waals surface area contributed by atoms with Crippen molar-refractivity contribution in [2.75, 3.05) is 0 Å². The first-order valence-corrected chi connectivity index (χ1v) is 4.91. The summed E-state index contributed by atoms with van der Waals surface area (Å²) in [4.78, 5) is 10.7. The zero-order valence-electron chi connectivity index (χ0n) is 8.81. The molecule has 0 spiro atoms. The number of nitrogens with two attached hydrogens (primary N) is 1. The number of carbonyl (C=O) groups is 1. The highest BCUT2D eigenvalue weighted by molar-refractivity contribution is 6.39. The van der Waals surface area contributed by atoms with Gasteiger partial charge in [-0.25, -0.2) is 0 Å². The fourth-order valence-corrected chi connectivity index (χ4v) is 1.52. The van der Waals surface area contributed by atoms with Crippen LogP contribution in [0.3, 0.4) is 0 Å². The SMILES string of the molecule is C[B][C@@](N)(CC(=O)O)Cc1ccccc1. The fraction of sp³-hybridized carbons (Fsp3) is 0.364. The molecule has 0 aliphatic carbocycles. The number of carboxylic acids is 1. The summed E-state index contributed by atoms with van der Waals surface area (Å²) in [6.45, 7) is 1.80. The maximum absolute atomic E-state index is 10.7. The highest BCUT2D eigenvalue weighted by atomic mass is 16.4. The Morgan fingerprint density at radius 2 is 2.07 bits per heavy atom. The van der Waals surface area contributed by atoms with Crippen molar-refractivity contribution in [1.82, 2.24) is 0 Å². The minimum Gasteiger partial charge on any atom is -0.481 e. The third kappa shape index (κ3) is 3.76. The maximum Gasteiger partial charge on any atom is 0.304 e. The summed E-state index contributed by atoms with van der Waals surface area (Å²) in [5, 5.41) is 8.76. The summed E-state index contributed by atoms with van der Waals surface area (Å²) in [5.41, 5.74) is 6.29. The Balaban J connectivity index is 2.72. The van der Waals surface area contributed by atoms with Gasteiger partial charge in [-0.1, -0.05) is 37.2 Å². The van der Waals surface area contributed by atoms with Crippen LogP contribution in [0.4, 0.5) is 0 Å². The van der Waals surface area contributed by atoms with Crippen molar-refractivity contribution in [2.24, 2.45) is 5.73 Å². The molecule has 15 heavy (non-hydrogen) atoms. The summed E-state index contributed by atoms with van der Waals surface area (Å²) >= 11 is 0. The number of hydrogen-bond acceptors (Lipinski definition) is 2. The van der Waals surface area contributed by atoms with Crippen LogP contribution in [0.5, 0.6) is 0 Å². The Kier molecular flexibility index (Phi) is 3.92. The first-order chi connectivity index (χ1) is 7.06. The minimum absolute atomic E-state index is 0.0433. The van der Waals surface area contributed by atoms with Crippen molar-refractivity contribution in [3.63, 3.8) is 0 Å². The summed E-state index contributed by atoms with van der Waals surface area (Å²) < 4.78 is 0. The van der Waals surface area contributed by atoms with E-state index in [0.717, 1.165) is 5.56 Å². The molecular weight excluding hydrogens is 189 g/mol. The Hall–Kier alpha value is -1.29. The molecule has 0 aliphatic heterocycles. The third-order valence-electron chi connectivity index (χ3n) is 2.43. The van der Waals surface area contributed by atoms with E-state index in [1.54, 1.807) is 14.1 Å². The van der Waals surface area contributed by atoms with Crippen molar-refractivity contribution in [1.29, 1.82) is 0 Å². The molecule has 0 amide bonds. The molecular formula is C11H15BNO2. The molecule has 1 aromatic carbocycles. The molecule has 79 valence electrons. The van der Waals surface area contributed by atoms with Gasteiger partial charge >= 0.3 is 5.97 Å². The summed E-state index contributed by atoms with van der Waals surface area (Å²) in [6.07, 6.45) is 0.509. The molecule has 0 saturated heterocycles. The first-order valence-electron chi connectivity index (χ1n) is 4.91. The van der Waals surface area contributed by atoms with E-state index in [1.165, 1.54) is 0 Å². The van der Waals surface area contributed by atoms with Crippen molar-refractivity contribution in [2.45, 2.75) is 25.1 Å². The van der Waals surface area contributed by atoms with Gasteiger partial charge in [0.15, 0.2) is 0 Å². The van der Waals surface area contributed by atoms with Crippen molar-refractivity contribution >= 4 is 13.2 Å². The fourth-order valence-electron chi connectivity index (χ4n) is 1.52. The second-order valence-electron chi connectivity index (χ2n) is 3.75. The van der Waals surface area contributed by atoms with Gasteiger partial charge in [0, 0.05) is 0 Å². The van der Waals surface area contributed by atoms with Crippen LogP contribution in [-0.4, -0.2) is 23.8 Å². The predicted molar refractivity (Wildman–Crippen MR) is 60.9 cm³/mol. The van der Waals surface area contributed by atoms with E-state index in [-0.39, 0.29) is 6.42 Å². The third-order valence-corrected chi connectivity index (χ3v) is 2.43. The largest absolute Gasteiger partial charge is 0.481 e. The highest BCUT2D eigenvalue weighted by Crippen LogP contribution is 2.13. The molecule has 4 heteroatoms. The average molecular weight is 204 g/mol. The van der Waals surface area contributed by atoms with E-state index in [2.05, 4.69) is 0 Å². The predicted octanol–water partition coefficient (Wildman–Crippen LogP) is 1.11. The molecule has 0 fully saturated rings. The molecule has 3 N–H and O–H groups in total. The second-order valence-corrected chi connectivity index (χ2v) is 3.75. The van der Waals surface area contributed by atoms with E-state index in [9.17, 15) is 4.79 Å². The van der Waals surface area contributed by atoms with Crippen LogP contribution in [0.1, 0.15) is 12.0 Å². The number of hydrogen-bond donors (Lipinski definition) is 2. The number of benzene rings is 1. The maximum atomic E-state index is 10.7. The highest BCUT2D eigenvalue weighted by Gasteiger charge is 2.26. The molecule has 0 aromatic heterocycles. The molecule has 1 atom stereocenters. The van der Waals surface area contributed by atoms with Crippen molar-refractivity contribution in [3.05, 3.63) is 35.9 Å². The molecule has 0 saturated carbocycles. The standard InChI is InChI=1S/C11H15BNO2/c1-12-11(13,8-10(14)15)7-9-5-3-2-4-6-9/h2-6H,7-8,13H2,1H3,(H,14,15)/t11-/m0/s1. The van der Waals surface area contributed by atoms with Crippen LogP contribution in [0.2, 0.25) is 6.82 Å². The van der Waals surface area contributed by atoms with Gasteiger partial charge in [-0.2, -0.15) is 0 Å². The van der Waals surface area contributed by atoms with E-state index in [1.807, 2.05) is 30.3 Å². The normalized spacial score (nSPS) is 14.3. The molecule has 0 heterocycles. The van der Waals surface area contributed by atoms with Gasteiger partial charge in [0.1, 0.15) is 7.28 Å². The van der Waals surface area contributed by atoms with Crippen molar-refractivity contribution in [3.8, 4) is 0 Å². The zero-order valence-corrected chi connectivity index (χ0v) is 8.81. The van der Waals surface area contributed by atoms with Gasteiger partial charge in [-0.05, 0) is 17.4 Å². The lowest BCUT2D eigenvalue weighted by atomic mass is 9.57. The lowest BCUT2D eigenvalue weighted by Crippen LogP contribution is -2.48. The van der Waals surface area contributed by atoms with E-state index in [4.69, 9.17) is 10.8 Å². The summed E-state index contributed by atoms with van der Waals surface area (Å²) in [5.74, 6) is -0.869. The second kappa shape index (κ2) is 4.98. The molecule has 1 radical (unpaired) electrons. The lowest BCUT2D eigenvalue weighted by molar-refractivity contribution is -0.137. The Morgan fingerprint density at radius 3 is 2.53 bits per heavy atom. The smallest absolute Gasteiger partial charge is 0.304 e. The van der Waals surface area contributed by atoms with Crippen LogP contribution in [0, 0.1) is 0 Å². The van der Waals surface area contributed by atoms with Crippen LogP contribution in [-0.2, 0) is 11.2 Å². The van der Waals surface area contributed by atoms with Gasteiger partial charge in [0.05, 0.1) is 6.42 Å². The Morgan fingerprint density at radius 1 is 1.47 bits per heavy atom.